The Balaban J connectivity index is 1.40. The zero-order valence-corrected chi connectivity index (χ0v) is 20.0. The summed E-state index contributed by atoms with van der Waals surface area (Å²) in [7, 11) is 0. The molecule has 3 aliphatic heterocycles. The number of amides is 6. The van der Waals surface area contributed by atoms with Crippen LogP contribution in [0.15, 0.2) is 0 Å². The molecule has 4 fully saturated rings. The average Bonchev–Trinajstić information content (AvgIpc) is 3.07. The highest BCUT2D eigenvalue weighted by molar-refractivity contribution is 6.09. The number of urea groups is 2. The van der Waals surface area contributed by atoms with Crippen molar-refractivity contribution < 1.29 is 19.2 Å². The van der Waals surface area contributed by atoms with Gasteiger partial charge >= 0.3 is 12.1 Å². The molecule has 1 aliphatic carbocycles. The van der Waals surface area contributed by atoms with Crippen LogP contribution in [0.1, 0.15) is 53.9 Å². The maximum absolute atomic E-state index is 13.3. The summed E-state index contributed by atoms with van der Waals surface area (Å²) in [4.78, 5) is 58.2. The lowest BCUT2D eigenvalue weighted by molar-refractivity contribution is -0.141. The molecule has 3 saturated heterocycles. The van der Waals surface area contributed by atoms with E-state index in [-0.39, 0.29) is 35.8 Å². The van der Waals surface area contributed by atoms with Crippen molar-refractivity contribution in [1.29, 1.82) is 0 Å². The molecule has 32 heavy (non-hydrogen) atoms. The number of carbonyl (C=O) groups excluding carboxylic acids is 4. The summed E-state index contributed by atoms with van der Waals surface area (Å²) in [5, 5.41) is 2.94. The molecular weight excluding hydrogens is 410 g/mol. The van der Waals surface area contributed by atoms with E-state index in [1.54, 1.807) is 4.90 Å². The summed E-state index contributed by atoms with van der Waals surface area (Å²) >= 11 is 0. The topological polar surface area (TPSA) is 93.3 Å². The van der Waals surface area contributed by atoms with Crippen LogP contribution < -0.4 is 5.32 Å². The first-order valence-electron chi connectivity index (χ1n) is 11.9. The van der Waals surface area contributed by atoms with Gasteiger partial charge in [0.25, 0.3) is 5.91 Å². The van der Waals surface area contributed by atoms with Gasteiger partial charge in [-0.05, 0) is 36.5 Å². The van der Waals surface area contributed by atoms with Gasteiger partial charge in [-0.3, -0.25) is 14.5 Å². The van der Waals surface area contributed by atoms with Crippen LogP contribution in [-0.4, -0.2) is 94.3 Å². The zero-order valence-electron chi connectivity index (χ0n) is 20.0. The number of rotatable bonds is 4. The first kappa shape index (κ1) is 22.9. The van der Waals surface area contributed by atoms with E-state index in [9.17, 15) is 19.2 Å². The fourth-order valence-corrected chi connectivity index (χ4v) is 6.48. The predicted octanol–water partition coefficient (Wildman–Crippen LogP) is 1.73. The Morgan fingerprint density at radius 1 is 1.12 bits per heavy atom. The van der Waals surface area contributed by atoms with Gasteiger partial charge < -0.3 is 20.0 Å². The van der Waals surface area contributed by atoms with E-state index >= 15 is 0 Å². The van der Waals surface area contributed by atoms with Crippen molar-refractivity contribution in [2.75, 3.05) is 39.3 Å². The summed E-state index contributed by atoms with van der Waals surface area (Å²) < 4.78 is 0. The number of nitrogens with zero attached hydrogens (tertiary/aromatic N) is 4. The van der Waals surface area contributed by atoms with E-state index in [2.05, 4.69) is 39.9 Å². The number of hydrogen-bond acceptors (Lipinski definition) is 4. The Bertz CT molecular complexity index is 827. The normalized spacial score (nSPS) is 32.2. The quantitative estimate of drug-likeness (QED) is 0.664. The first-order valence-corrected chi connectivity index (χ1v) is 11.9. The summed E-state index contributed by atoms with van der Waals surface area (Å²) in [6, 6.07) is -0.458. The third-order valence-electron chi connectivity index (χ3n) is 7.29. The van der Waals surface area contributed by atoms with Crippen LogP contribution in [0.4, 0.5) is 9.59 Å². The third-order valence-corrected chi connectivity index (χ3v) is 7.29. The molecule has 3 heterocycles. The van der Waals surface area contributed by atoms with Crippen LogP contribution in [0.25, 0.3) is 0 Å². The number of nitrogens with one attached hydrogen (secondary N) is 1. The van der Waals surface area contributed by atoms with Crippen molar-refractivity contribution in [3.63, 3.8) is 0 Å². The molecule has 0 aromatic heterocycles. The Morgan fingerprint density at radius 2 is 1.84 bits per heavy atom. The van der Waals surface area contributed by atoms with Crippen molar-refractivity contribution >= 4 is 23.9 Å². The molecule has 6 amide bonds. The standard InChI is InChI=1S/C23H37N5O4/c1-15(2)10-26-12-17-11-25(6-7-27(17)21(26)32)18(29)13-28-19(30)23(24-20(28)31)9-16(3)8-22(4,5)14-23/h15-17H,6-14H2,1-5H3,(H,24,31)/t16-,17+,23+/m1/s1. The van der Waals surface area contributed by atoms with Crippen molar-refractivity contribution in [2.24, 2.45) is 17.3 Å². The van der Waals surface area contributed by atoms with Crippen LogP contribution in [0.5, 0.6) is 0 Å². The van der Waals surface area contributed by atoms with E-state index in [1.165, 1.54) is 0 Å². The minimum Gasteiger partial charge on any atom is -0.337 e. The van der Waals surface area contributed by atoms with Gasteiger partial charge in [0.05, 0.1) is 6.04 Å². The van der Waals surface area contributed by atoms with Gasteiger partial charge in [0.1, 0.15) is 12.1 Å². The van der Waals surface area contributed by atoms with Crippen LogP contribution in [0.3, 0.4) is 0 Å². The largest absolute Gasteiger partial charge is 0.337 e. The summed E-state index contributed by atoms with van der Waals surface area (Å²) in [6.07, 6.45) is 2.21. The molecule has 0 unspecified atom stereocenters. The Morgan fingerprint density at radius 3 is 2.50 bits per heavy atom. The molecular formula is C23H37N5O4. The van der Waals surface area contributed by atoms with Gasteiger partial charge in [-0.2, -0.15) is 0 Å². The van der Waals surface area contributed by atoms with E-state index in [0.717, 1.165) is 11.3 Å². The molecule has 3 atom stereocenters. The highest BCUT2D eigenvalue weighted by atomic mass is 16.2. The van der Waals surface area contributed by atoms with E-state index in [1.807, 2.05) is 9.80 Å². The molecule has 0 bridgehead atoms. The lowest BCUT2D eigenvalue weighted by Gasteiger charge is -2.43. The Kier molecular flexibility index (Phi) is 5.66. The van der Waals surface area contributed by atoms with Crippen molar-refractivity contribution in [1.82, 2.24) is 24.9 Å². The van der Waals surface area contributed by atoms with E-state index in [4.69, 9.17) is 0 Å². The molecule has 1 saturated carbocycles. The predicted molar refractivity (Wildman–Crippen MR) is 119 cm³/mol. The number of fused-ring (bicyclic) bond motifs is 1. The second-order valence-electron chi connectivity index (χ2n) is 11.5. The summed E-state index contributed by atoms with van der Waals surface area (Å²) in [6.45, 7) is 13.0. The SMILES string of the molecule is CC(C)CN1C[C@@H]2CN(C(=O)CN3C(=O)N[C@]4(C[C@H](C)CC(C)(C)C4)C3=O)CCN2C1=O. The molecule has 1 N–H and O–H groups in total. The number of imide groups is 1. The Hall–Kier alpha value is -2.32. The van der Waals surface area contributed by atoms with Crippen LogP contribution >= 0.6 is 0 Å². The maximum Gasteiger partial charge on any atom is 0.325 e. The second kappa shape index (κ2) is 7.92. The molecule has 4 aliphatic rings. The van der Waals surface area contributed by atoms with Crippen molar-refractivity contribution in [3.8, 4) is 0 Å². The number of piperazine rings is 1. The summed E-state index contributed by atoms with van der Waals surface area (Å²) in [5.74, 6) is 0.203. The monoisotopic (exact) mass is 447 g/mol. The van der Waals surface area contributed by atoms with Crippen molar-refractivity contribution in [2.45, 2.75) is 65.5 Å². The number of carbonyl (C=O) groups is 4. The molecule has 9 nitrogen and oxygen atoms in total. The highest BCUT2D eigenvalue weighted by Gasteiger charge is 2.56. The number of hydrogen-bond donors (Lipinski definition) is 1. The molecule has 0 radical (unpaired) electrons. The smallest absolute Gasteiger partial charge is 0.325 e. The molecule has 9 heteroatoms. The van der Waals surface area contributed by atoms with Gasteiger partial charge in [-0.25, -0.2) is 9.59 Å². The molecule has 4 rings (SSSR count). The van der Waals surface area contributed by atoms with Crippen molar-refractivity contribution in [3.05, 3.63) is 0 Å². The van der Waals surface area contributed by atoms with Gasteiger partial charge in [0.2, 0.25) is 5.91 Å². The third kappa shape index (κ3) is 4.06. The minimum absolute atomic E-state index is 0.0339. The molecule has 0 aromatic carbocycles. The molecule has 1 spiro atoms. The van der Waals surface area contributed by atoms with E-state index in [0.29, 0.717) is 57.4 Å². The van der Waals surface area contributed by atoms with Gasteiger partial charge in [-0.1, -0.05) is 34.6 Å². The van der Waals surface area contributed by atoms with Gasteiger partial charge in [0.15, 0.2) is 0 Å². The lowest BCUT2D eigenvalue weighted by Crippen LogP contribution is -2.56. The fraction of sp³-hybridized carbons (Fsp3) is 0.826. The highest BCUT2D eigenvalue weighted by Crippen LogP contribution is 2.46. The minimum atomic E-state index is -0.896. The molecule has 178 valence electrons. The second-order valence-corrected chi connectivity index (χ2v) is 11.5. The lowest BCUT2D eigenvalue weighted by atomic mass is 9.64. The van der Waals surface area contributed by atoms with Gasteiger partial charge in [0, 0.05) is 32.7 Å². The average molecular weight is 448 g/mol. The van der Waals surface area contributed by atoms with E-state index < -0.39 is 11.6 Å². The summed E-state index contributed by atoms with van der Waals surface area (Å²) in [5.41, 5.74) is -0.944. The molecule has 0 aromatic rings. The van der Waals surface area contributed by atoms with Crippen LogP contribution in [0.2, 0.25) is 0 Å². The van der Waals surface area contributed by atoms with Crippen LogP contribution in [-0.2, 0) is 9.59 Å². The van der Waals surface area contributed by atoms with Crippen LogP contribution in [0, 0.1) is 17.3 Å². The maximum atomic E-state index is 13.3. The Labute approximate surface area is 190 Å². The van der Waals surface area contributed by atoms with Gasteiger partial charge in [-0.15, -0.1) is 0 Å². The first-order chi connectivity index (χ1) is 14.9. The zero-order chi connectivity index (χ0) is 23.4. The fourth-order valence-electron chi connectivity index (χ4n) is 6.48.